The minimum absolute atomic E-state index is 0.0153. The summed E-state index contributed by atoms with van der Waals surface area (Å²) < 4.78 is 42.7. The van der Waals surface area contributed by atoms with Crippen molar-refractivity contribution < 1.29 is 27.8 Å². The molecular weight excluding hydrogens is 319 g/mol. The molecule has 122 valence electrons. The predicted molar refractivity (Wildman–Crippen MR) is 75.9 cm³/mol. The molecule has 4 nitrogen and oxygen atoms in total. The zero-order chi connectivity index (χ0) is 16.3. The Morgan fingerprint density at radius 3 is 2.77 bits per heavy atom. The summed E-state index contributed by atoms with van der Waals surface area (Å²) in [5.41, 5.74) is -3.67. The molecule has 1 aromatic rings. The molecule has 0 saturated carbocycles. The van der Waals surface area contributed by atoms with Gasteiger partial charge in [-0.25, -0.2) is 0 Å². The van der Waals surface area contributed by atoms with Crippen molar-refractivity contribution in [2.24, 2.45) is 5.92 Å². The van der Waals surface area contributed by atoms with Gasteiger partial charge >= 0.3 is 11.5 Å². The van der Waals surface area contributed by atoms with E-state index in [0.29, 0.717) is 31.6 Å². The average Bonchev–Trinajstić information content (AvgIpc) is 2.86. The Balaban J connectivity index is 2.09. The highest BCUT2D eigenvalue weighted by atomic mass is 32.2. The van der Waals surface area contributed by atoms with Gasteiger partial charge < -0.3 is 9.84 Å². The van der Waals surface area contributed by atoms with Crippen molar-refractivity contribution in [3.8, 4) is 5.75 Å². The van der Waals surface area contributed by atoms with Gasteiger partial charge in [0.15, 0.2) is 0 Å². The van der Waals surface area contributed by atoms with E-state index in [0.717, 1.165) is 0 Å². The molecule has 0 spiro atoms. The molecule has 1 heterocycles. The maximum Gasteiger partial charge on any atom is 0.446 e. The molecule has 2 rings (SSSR count). The number of ether oxygens (including phenoxy) is 1. The highest BCUT2D eigenvalue weighted by Crippen LogP contribution is 2.41. The Labute approximate surface area is 130 Å². The minimum atomic E-state index is -4.38. The first kappa shape index (κ1) is 17.0. The smallest absolute Gasteiger partial charge is 0.446 e. The first-order valence-electron chi connectivity index (χ1n) is 6.66. The van der Waals surface area contributed by atoms with Crippen LogP contribution in [0.1, 0.15) is 12.0 Å². The molecule has 1 aromatic carbocycles. The first-order valence-corrected chi connectivity index (χ1v) is 7.48. The number of methoxy groups -OCH3 is 1. The number of carboxylic acid groups (broad SMARTS) is 1. The number of likely N-dealkylation sites (tertiary alicyclic amines) is 1. The number of benzene rings is 1. The number of carboxylic acids is 1. The normalized spacial score (nSPS) is 19.4. The van der Waals surface area contributed by atoms with Crippen molar-refractivity contribution in [2.75, 3.05) is 20.2 Å². The highest BCUT2D eigenvalue weighted by molar-refractivity contribution is 8.00. The van der Waals surface area contributed by atoms with Crippen molar-refractivity contribution >= 4 is 17.7 Å². The summed E-state index contributed by atoms with van der Waals surface area (Å²) in [7, 11) is 1.33. The number of carbonyl (C=O) groups is 1. The standard InChI is InChI=1S/C14H16F3NO3S/c1-21-11-3-2-9(6-12(11)22-14(15,16)17)7-18-5-4-10(8-18)13(19)20/h2-3,6,10H,4-5,7-8H2,1H3,(H,19,20). The quantitative estimate of drug-likeness (QED) is 0.838. The SMILES string of the molecule is COc1ccc(CN2CCC(C(=O)O)C2)cc1SC(F)(F)F. The number of alkyl halides is 3. The molecule has 22 heavy (non-hydrogen) atoms. The van der Waals surface area contributed by atoms with E-state index >= 15 is 0 Å². The van der Waals surface area contributed by atoms with Crippen LogP contribution in [0, 0.1) is 5.92 Å². The van der Waals surface area contributed by atoms with E-state index in [1.165, 1.54) is 19.2 Å². The van der Waals surface area contributed by atoms with Crippen LogP contribution in [0.2, 0.25) is 0 Å². The second-order valence-corrected chi connectivity index (χ2v) is 6.20. The third kappa shape index (κ3) is 4.54. The van der Waals surface area contributed by atoms with E-state index in [9.17, 15) is 18.0 Å². The van der Waals surface area contributed by atoms with Crippen LogP contribution in [0.4, 0.5) is 13.2 Å². The van der Waals surface area contributed by atoms with Crippen LogP contribution < -0.4 is 4.74 Å². The molecule has 1 aliphatic rings. The fraction of sp³-hybridized carbons (Fsp3) is 0.500. The Morgan fingerprint density at radius 2 is 2.23 bits per heavy atom. The Morgan fingerprint density at radius 1 is 1.50 bits per heavy atom. The maximum absolute atomic E-state index is 12.6. The van der Waals surface area contributed by atoms with Gasteiger partial charge in [-0.05, 0) is 42.4 Å². The summed E-state index contributed by atoms with van der Waals surface area (Å²) in [4.78, 5) is 12.9. The van der Waals surface area contributed by atoms with Crippen LogP contribution in [-0.2, 0) is 11.3 Å². The van der Waals surface area contributed by atoms with Crippen molar-refractivity contribution in [1.29, 1.82) is 0 Å². The van der Waals surface area contributed by atoms with Crippen molar-refractivity contribution in [3.05, 3.63) is 23.8 Å². The fourth-order valence-electron chi connectivity index (χ4n) is 2.46. The zero-order valence-electron chi connectivity index (χ0n) is 11.9. The Hall–Kier alpha value is -1.41. The van der Waals surface area contributed by atoms with Crippen LogP contribution >= 0.6 is 11.8 Å². The molecule has 1 aliphatic heterocycles. The number of hydrogen-bond acceptors (Lipinski definition) is 4. The third-order valence-corrected chi connectivity index (χ3v) is 4.25. The summed E-state index contributed by atoms with van der Waals surface area (Å²) in [5, 5.41) is 8.97. The molecule has 1 N–H and O–H groups in total. The molecule has 0 bridgehead atoms. The van der Waals surface area contributed by atoms with Crippen molar-refractivity contribution in [1.82, 2.24) is 4.90 Å². The Kier molecular flexibility index (Phi) is 5.23. The van der Waals surface area contributed by atoms with E-state index in [4.69, 9.17) is 9.84 Å². The topological polar surface area (TPSA) is 49.8 Å². The monoisotopic (exact) mass is 335 g/mol. The van der Waals surface area contributed by atoms with Gasteiger partial charge in [0.25, 0.3) is 0 Å². The number of hydrogen-bond donors (Lipinski definition) is 1. The number of aliphatic carboxylic acids is 1. The summed E-state index contributed by atoms with van der Waals surface area (Å²) >= 11 is -0.208. The zero-order valence-corrected chi connectivity index (χ0v) is 12.7. The van der Waals surface area contributed by atoms with Crippen molar-refractivity contribution in [2.45, 2.75) is 23.4 Å². The Bertz CT molecular complexity index is 551. The second-order valence-electron chi connectivity index (χ2n) is 5.09. The average molecular weight is 335 g/mol. The van der Waals surface area contributed by atoms with Gasteiger partial charge in [-0.3, -0.25) is 9.69 Å². The lowest BCUT2D eigenvalue weighted by atomic mass is 10.1. The fourth-order valence-corrected chi connectivity index (χ4v) is 3.17. The van der Waals surface area contributed by atoms with Crippen LogP contribution in [0.3, 0.4) is 0 Å². The summed E-state index contributed by atoms with van der Waals surface area (Å²) in [5.74, 6) is -1.05. The minimum Gasteiger partial charge on any atom is -0.496 e. The van der Waals surface area contributed by atoms with Gasteiger partial charge in [0.05, 0.1) is 17.9 Å². The van der Waals surface area contributed by atoms with E-state index in [1.54, 1.807) is 6.07 Å². The van der Waals surface area contributed by atoms with Crippen LogP contribution in [0.25, 0.3) is 0 Å². The lowest BCUT2D eigenvalue weighted by molar-refractivity contribution is -0.141. The summed E-state index contributed by atoms with van der Waals surface area (Å²) in [6.45, 7) is 1.48. The van der Waals surface area contributed by atoms with Crippen LogP contribution in [0.5, 0.6) is 5.75 Å². The number of halogens is 3. The van der Waals surface area contributed by atoms with E-state index in [1.807, 2.05) is 4.90 Å². The second kappa shape index (κ2) is 6.78. The molecule has 0 radical (unpaired) electrons. The summed E-state index contributed by atoms with van der Waals surface area (Å²) in [6, 6.07) is 4.66. The molecular formula is C14H16F3NO3S. The molecule has 1 fully saturated rings. The van der Waals surface area contributed by atoms with E-state index in [-0.39, 0.29) is 22.4 Å². The largest absolute Gasteiger partial charge is 0.496 e. The summed E-state index contributed by atoms with van der Waals surface area (Å²) in [6.07, 6.45) is 0.565. The molecule has 0 amide bonds. The molecule has 1 atom stereocenters. The van der Waals surface area contributed by atoms with Crippen LogP contribution in [0.15, 0.2) is 23.1 Å². The number of rotatable bonds is 5. The number of thioether (sulfide) groups is 1. The molecule has 8 heteroatoms. The van der Waals surface area contributed by atoms with Gasteiger partial charge in [0, 0.05) is 13.1 Å². The van der Waals surface area contributed by atoms with Gasteiger partial charge in [-0.2, -0.15) is 13.2 Å². The number of nitrogens with zero attached hydrogens (tertiary/aromatic N) is 1. The van der Waals surface area contributed by atoms with Crippen molar-refractivity contribution in [3.63, 3.8) is 0 Å². The highest BCUT2D eigenvalue weighted by Gasteiger charge is 2.31. The van der Waals surface area contributed by atoms with Gasteiger partial charge in [0.2, 0.25) is 0 Å². The van der Waals surface area contributed by atoms with Crippen LogP contribution in [-0.4, -0.2) is 41.7 Å². The van der Waals surface area contributed by atoms with E-state index < -0.39 is 17.4 Å². The maximum atomic E-state index is 12.6. The lowest BCUT2D eigenvalue weighted by Gasteiger charge is -2.17. The van der Waals surface area contributed by atoms with Gasteiger partial charge in [0.1, 0.15) is 5.75 Å². The van der Waals surface area contributed by atoms with E-state index in [2.05, 4.69) is 0 Å². The molecule has 1 unspecified atom stereocenters. The van der Waals surface area contributed by atoms with Gasteiger partial charge in [-0.1, -0.05) is 6.07 Å². The van der Waals surface area contributed by atoms with Gasteiger partial charge in [-0.15, -0.1) is 0 Å². The third-order valence-electron chi connectivity index (χ3n) is 3.48. The molecule has 0 aromatic heterocycles. The first-order chi connectivity index (χ1) is 10.3. The molecule has 0 aliphatic carbocycles. The molecule has 1 saturated heterocycles. The lowest BCUT2D eigenvalue weighted by Crippen LogP contribution is -2.22. The predicted octanol–water partition coefficient (Wildman–Crippen LogP) is 3.21.